The number of carbonyl (C=O) groups excluding carboxylic acids is 1. The lowest BCUT2D eigenvalue weighted by Crippen LogP contribution is -2.08. The normalized spacial score (nSPS) is 9.40. The molecule has 80 valence electrons. The van der Waals surface area contributed by atoms with Gasteiger partial charge in [0.15, 0.2) is 0 Å². The molecular formula is C11H13NO3. The first-order valence-corrected chi connectivity index (χ1v) is 4.52. The number of hydrogen-bond donors (Lipinski definition) is 2. The van der Waals surface area contributed by atoms with Crippen LogP contribution in [0.5, 0.6) is 0 Å². The SMILES string of the molecule is C=CCOC(=O)Cc1cccc(NO)c1. The predicted octanol–water partition coefficient (Wildman–Crippen LogP) is 1.76. The number of ether oxygens (including phenoxy) is 1. The summed E-state index contributed by atoms with van der Waals surface area (Å²) in [5.74, 6) is -0.315. The molecule has 15 heavy (non-hydrogen) atoms. The lowest BCUT2D eigenvalue weighted by molar-refractivity contribution is -0.141. The van der Waals surface area contributed by atoms with Gasteiger partial charge in [0.1, 0.15) is 6.61 Å². The van der Waals surface area contributed by atoms with Gasteiger partial charge in [-0.15, -0.1) is 0 Å². The van der Waals surface area contributed by atoms with E-state index in [9.17, 15) is 4.79 Å². The summed E-state index contributed by atoms with van der Waals surface area (Å²) in [6.07, 6.45) is 1.70. The second kappa shape index (κ2) is 5.82. The molecule has 0 aromatic heterocycles. The maximum absolute atomic E-state index is 11.2. The van der Waals surface area contributed by atoms with E-state index in [1.807, 2.05) is 5.48 Å². The summed E-state index contributed by atoms with van der Waals surface area (Å²) in [6.45, 7) is 3.67. The van der Waals surface area contributed by atoms with Gasteiger partial charge in [-0.25, -0.2) is 0 Å². The molecule has 0 unspecified atom stereocenters. The minimum Gasteiger partial charge on any atom is -0.461 e. The Hall–Kier alpha value is -1.81. The highest BCUT2D eigenvalue weighted by molar-refractivity contribution is 5.73. The van der Waals surface area contributed by atoms with E-state index >= 15 is 0 Å². The molecule has 0 atom stereocenters. The molecule has 0 amide bonds. The van der Waals surface area contributed by atoms with Gasteiger partial charge in [-0.3, -0.25) is 15.5 Å². The number of hydrogen-bond acceptors (Lipinski definition) is 4. The third-order valence-electron chi connectivity index (χ3n) is 1.77. The molecule has 0 heterocycles. The van der Waals surface area contributed by atoms with E-state index < -0.39 is 0 Å². The monoisotopic (exact) mass is 207 g/mol. The fourth-order valence-electron chi connectivity index (χ4n) is 1.12. The van der Waals surface area contributed by atoms with Crippen LogP contribution in [0.1, 0.15) is 5.56 Å². The summed E-state index contributed by atoms with van der Waals surface area (Å²) in [6, 6.07) is 6.90. The maximum atomic E-state index is 11.2. The summed E-state index contributed by atoms with van der Waals surface area (Å²) in [5.41, 5.74) is 3.34. The first-order chi connectivity index (χ1) is 7.26. The van der Waals surface area contributed by atoms with Crippen molar-refractivity contribution in [1.82, 2.24) is 0 Å². The zero-order valence-corrected chi connectivity index (χ0v) is 8.27. The number of rotatable bonds is 5. The molecule has 0 bridgehead atoms. The summed E-state index contributed by atoms with van der Waals surface area (Å²) in [7, 11) is 0. The lowest BCUT2D eigenvalue weighted by atomic mass is 10.1. The van der Waals surface area contributed by atoms with E-state index in [2.05, 4.69) is 6.58 Å². The summed E-state index contributed by atoms with van der Waals surface area (Å²) in [5, 5.41) is 8.66. The molecule has 1 aromatic carbocycles. The Morgan fingerprint density at radius 1 is 1.60 bits per heavy atom. The van der Waals surface area contributed by atoms with Gasteiger partial charge in [0.25, 0.3) is 0 Å². The average Bonchev–Trinajstić information content (AvgIpc) is 2.26. The van der Waals surface area contributed by atoms with Crippen molar-refractivity contribution in [3.05, 3.63) is 42.5 Å². The molecule has 0 fully saturated rings. The summed E-state index contributed by atoms with van der Waals surface area (Å²) >= 11 is 0. The molecule has 4 nitrogen and oxygen atoms in total. The van der Waals surface area contributed by atoms with E-state index in [1.54, 1.807) is 24.3 Å². The molecule has 0 saturated heterocycles. The number of carbonyl (C=O) groups is 1. The van der Waals surface area contributed by atoms with Crippen LogP contribution in [0.3, 0.4) is 0 Å². The Balaban J connectivity index is 2.55. The number of esters is 1. The molecule has 0 aliphatic heterocycles. The maximum Gasteiger partial charge on any atom is 0.310 e. The van der Waals surface area contributed by atoms with E-state index in [0.717, 1.165) is 5.56 Å². The quantitative estimate of drug-likeness (QED) is 0.439. The lowest BCUT2D eigenvalue weighted by Gasteiger charge is -2.04. The molecule has 1 aromatic rings. The number of anilines is 1. The van der Waals surface area contributed by atoms with Gasteiger partial charge in [0.05, 0.1) is 12.1 Å². The third-order valence-corrected chi connectivity index (χ3v) is 1.77. The largest absolute Gasteiger partial charge is 0.461 e. The fourth-order valence-corrected chi connectivity index (χ4v) is 1.12. The molecule has 4 heteroatoms. The Morgan fingerprint density at radius 3 is 3.07 bits per heavy atom. The zero-order valence-electron chi connectivity index (χ0n) is 8.27. The van der Waals surface area contributed by atoms with Gasteiger partial charge in [0.2, 0.25) is 0 Å². The van der Waals surface area contributed by atoms with Crippen molar-refractivity contribution in [3.8, 4) is 0 Å². The zero-order chi connectivity index (χ0) is 11.1. The van der Waals surface area contributed by atoms with Crippen LogP contribution >= 0.6 is 0 Å². The smallest absolute Gasteiger partial charge is 0.310 e. The van der Waals surface area contributed by atoms with Crippen LogP contribution in [0.4, 0.5) is 5.69 Å². The van der Waals surface area contributed by atoms with Crippen LogP contribution in [0, 0.1) is 0 Å². The average molecular weight is 207 g/mol. The third kappa shape index (κ3) is 3.83. The second-order valence-electron chi connectivity index (χ2n) is 2.96. The van der Waals surface area contributed by atoms with Gasteiger partial charge in [-0.2, -0.15) is 0 Å². The molecule has 1 rings (SSSR count). The van der Waals surface area contributed by atoms with Gasteiger partial charge < -0.3 is 4.74 Å². The van der Waals surface area contributed by atoms with Gasteiger partial charge in [-0.05, 0) is 17.7 Å². The van der Waals surface area contributed by atoms with Crippen molar-refractivity contribution in [2.45, 2.75) is 6.42 Å². The van der Waals surface area contributed by atoms with Crippen molar-refractivity contribution < 1.29 is 14.7 Å². The summed E-state index contributed by atoms with van der Waals surface area (Å²) < 4.78 is 4.83. The Bertz CT molecular complexity index is 349. The van der Waals surface area contributed by atoms with E-state index in [1.165, 1.54) is 6.08 Å². The molecule has 0 radical (unpaired) electrons. The van der Waals surface area contributed by atoms with E-state index in [-0.39, 0.29) is 19.0 Å². The van der Waals surface area contributed by atoms with Crippen LogP contribution in [0.25, 0.3) is 0 Å². The van der Waals surface area contributed by atoms with Gasteiger partial charge in [-0.1, -0.05) is 24.8 Å². The molecule has 0 spiro atoms. The highest BCUT2D eigenvalue weighted by Gasteiger charge is 2.04. The number of nitrogens with one attached hydrogen (secondary N) is 1. The van der Waals surface area contributed by atoms with Crippen molar-refractivity contribution in [3.63, 3.8) is 0 Å². The first kappa shape index (κ1) is 11.3. The van der Waals surface area contributed by atoms with Crippen LogP contribution < -0.4 is 5.48 Å². The van der Waals surface area contributed by atoms with Crippen LogP contribution in [-0.2, 0) is 16.0 Å². The first-order valence-electron chi connectivity index (χ1n) is 4.52. The van der Waals surface area contributed by atoms with E-state index in [4.69, 9.17) is 9.94 Å². The predicted molar refractivity (Wildman–Crippen MR) is 56.7 cm³/mol. The van der Waals surface area contributed by atoms with Crippen molar-refractivity contribution in [1.29, 1.82) is 0 Å². The number of benzene rings is 1. The van der Waals surface area contributed by atoms with Crippen molar-refractivity contribution >= 4 is 11.7 Å². The van der Waals surface area contributed by atoms with Crippen LogP contribution in [0.2, 0.25) is 0 Å². The summed E-state index contributed by atoms with van der Waals surface area (Å²) in [4.78, 5) is 11.2. The standard InChI is InChI=1S/C11H13NO3/c1-2-6-15-11(13)8-9-4-3-5-10(7-9)12-14/h2-5,7,12,14H,1,6,8H2. The molecular weight excluding hydrogens is 194 g/mol. The molecule has 0 aliphatic carbocycles. The van der Waals surface area contributed by atoms with Crippen LogP contribution in [0.15, 0.2) is 36.9 Å². The molecule has 0 saturated carbocycles. The Morgan fingerprint density at radius 2 is 2.40 bits per heavy atom. The van der Waals surface area contributed by atoms with Gasteiger partial charge >= 0.3 is 5.97 Å². The highest BCUT2D eigenvalue weighted by Crippen LogP contribution is 2.10. The van der Waals surface area contributed by atoms with E-state index in [0.29, 0.717) is 5.69 Å². The Labute approximate surface area is 88.1 Å². The van der Waals surface area contributed by atoms with Crippen LogP contribution in [-0.4, -0.2) is 17.8 Å². The highest BCUT2D eigenvalue weighted by atomic mass is 16.5. The van der Waals surface area contributed by atoms with Crippen molar-refractivity contribution in [2.24, 2.45) is 0 Å². The fraction of sp³-hybridized carbons (Fsp3) is 0.182. The molecule has 0 aliphatic rings. The minimum absolute atomic E-state index is 0.184. The second-order valence-corrected chi connectivity index (χ2v) is 2.96. The Kier molecular flexibility index (Phi) is 4.37. The topological polar surface area (TPSA) is 58.6 Å². The van der Waals surface area contributed by atoms with Gasteiger partial charge in [0, 0.05) is 0 Å². The molecule has 2 N–H and O–H groups in total. The minimum atomic E-state index is -0.315. The van der Waals surface area contributed by atoms with Crippen molar-refractivity contribution in [2.75, 3.05) is 12.1 Å².